The molecule has 0 aliphatic heterocycles. The lowest BCUT2D eigenvalue weighted by Crippen LogP contribution is -2.11. The molecular formula is C15H7F4N3O4. The monoisotopic (exact) mass is 369 g/mol. The number of alkyl halides is 3. The largest absolute Gasteiger partial charge is 0.505 e. The van der Waals surface area contributed by atoms with Crippen molar-refractivity contribution in [2.24, 2.45) is 0 Å². The maximum atomic E-state index is 13.3. The molecule has 3 rings (SSSR count). The van der Waals surface area contributed by atoms with E-state index in [0.29, 0.717) is 6.07 Å². The van der Waals surface area contributed by atoms with Crippen LogP contribution < -0.4 is 0 Å². The summed E-state index contributed by atoms with van der Waals surface area (Å²) < 4.78 is 57.8. The fraction of sp³-hybridized carbons (Fsp3) is 0.0667. The molecule has 0 saturated heterocycles. The zero-order valence-corrected chi connectivity index (χ0v) is 12.5. The van der Waals surface area contributed by atoms with Crippen molar-refractivity contribution in [2.75, 3.05) is 0 Å². The standard InChI is InChI=1S/C15H7F4N3O4/c16-9-5-4-7(6-11(9)23)13-20-14(26-21-13)8-2-1-3-10(22(24)25)12(8)15(17,18)19/h1-6,23H. The van der Waals surface area contributed by atoms with Crippen LogP contribution in [0.1, 0.15) is 5.56 Å². The molecule has 1 heterocycles. The molecule has 26 heavy (non-hydrogen) atoms. The van der Waals surface area contributed by atoms with Gasteiger partial charge in [0.05, 0.1) is 10.5 Å². The number of hydrogen-bond donors (Lipinski definition) is 1. The van der Waals surface area contributed by atoms with E-state index in [-0.39, 0.29) is 11.4 Å². The van der Waals surface area contributed by atoms with Crippen LogP contribution in [0, 0.1) is 15.9 Å². The van der Waals surface area contributed by atoms with Gasteiger partial charge in [-0.3, -0.25) is 10.1 Å². The van der Waals surface area contributed by atoms with Crippen molar-refractivity contribution in [3.05, 3.63) is 57.9 Å². The number of benzene rings is 2. The van der Waals surface area contributed by atoms with Crippen LogP contribution in [0.2, 0.25) is 0 Å². The number of halogens is 4. The van der Waals surface area contributed by atoms with Gasteiger partial charge in [-0.05, 0) is 24.3 Å². The van der Waals surface area contributed by atoms with E-state index in [0.717, 1.165) is 24.3 Å². The average molecular weight is 369 g/mol. The van der Waals surface area contributed by atoms with E-state index in [9.17, 15) is 32.8 Å². The van der Waals surface area contributed by atoms with Gasteiger partial charge in [0.15, 0.2) is 11.6 Å². The van der Waals surface area contributed by atoms with Gasteiger partial charge < -0.3 is 9.63 Å². The van der Waals surface area contributed by atoms with Crippen LogP contribution in [-0.2, 0) is 6.18 Å². The quantitative estimate of drug-likeness (QED) is 0.422. The third-order valence-electron chi connectivity index (χ3n) is 3.38. The van der Waals surface area contributed by atoms with Crippen LogP contribution in [0.5, 0.6) is 5.75 Å². The molecule has 0 fully saturated rings. The van der Waals surface area contributed by atoms with Crippen molar-refractivity contribution in [3.8, 4) is 28.6 Å². The molecule has 0 spiro atoms. The van der Waals surface area contributed by atoms with Crippen LogP contribution in [0.4, 0.5) is 23.2 Å². The Bertz CT molecular complexity index is 1000. The summed E-state index contributed by atoms with van der Waals surface area (Å²) in [7, 11) is 0. The van der Waals surface area contributed by atoms with Crippen molar-refractivity contribution >= 4 is 5.69 Å². The average Bonchev–Trinajstić information content (AvgIpc) is 3.05. The summed E-state index contributed by atoms with van der Waals surface area (Å²) in [5, 5.41) is 23.7. The summed E-state index contributed by atoms with van der Waals surface area (Å²) in [6.07, 6.45) is -5.04. The van der Waals surface area contributed by atoms with E-state index in [2.05, 4.69) is 10.1 Å². The van der Waals surface area contributed by atoms with Crippen LogP contribution >= 0.6 is 0 Å². The Labute approximate surface area is 141 Å². The highest BCUT2D eigenvalue weighted by Gasteiger charge is 2.42. The van der Waals surface area contributed by atoms with Crippen LogP contribution in [0.3, 0.4) is 0 Å². The van der Waals surface area contributed by atoms with Gasteiger partial charge in [0.2, 0.25) is 5.82 Å². The number of phenols is 1. The predicted molar refractivity (Wildman–Crippen MR) is 78.4 cm³/mol. The van der Waals surface area contributed by atoms with Crippen LogP contribution in [0.15, 0.2) is 40.9 Å². The second-order valence-corrected chi connectivity index (χ2v) is 5.04. The van der Waals surface area contributed by atoms with Crippen LogP contribution in [0.25, 0.3) is 22.8 Å². The van der Waals surface area contributed by atoms with Gasteiger partial charge >= 0.3 is 6.18 Å². The van der Waals surface area contributed by atoms with E-state index < -0.39 is 45.4 Å². The highest BCUT2D eigenvalue weighted by molar-refractivity contribution is 5.68. The van der Waals surface area contributed by atoms with Crippen molar-refractivity contribution in [1.82, 2.24) is 10.1 Å². The second-order valence-electron chi connectivity index (χ2n) is 5.04. The first-order valence-electron chi connectivity index (χ1n) is 6.86. The third-order valence-corrected chi connectivity index (χ3v) is 3.38. The fourth-order valence-electron chi connectivity index (χ4n) is 2.27. The van der Waals surface area contributed by atoms with Crippen molar-refractivity contribution < 1.29 is 32.1 Å². The molecule has 0 aliphatic rings. The van der Waals surface area contributed by atoms with Crippen molar-refractivity contribution in [3.63, 3.8) is 0 Å². The maximum absolute atomic E-state index is 13.3. The first-order valence-corrected chi connectivity index (χ1v) is 6.86. The highest BCUT2D eigenvalue weighted by Crippen LogP contribution is 2.42. The Morgan fingerprint density at radius 1 is 1.19 bits per heavy atom. The smallest absolute Gasteiger partial charge is 0.423 e. The Kier molecular flexibility index (Phi) is 4.06. The van der Waals surface area contributed by atoms with Gasteiger partial charge in [-0.25, -0.2) is 4.39 Å². The summed E-state index contributed by atoms with van der Waals surface area (Å²) in [4.78, 5) is 13.5. The Morgan fingerprint density at radius 3 is 2.54 bits per heavy atom. The molecule has 2 aromatic carbocycles. The lowest BCUT2D eigenvalue weighted by Gasteiger charge is -2.10. The van der Waals surface area contributed by atoms with Gasteiger partial charge in [-0.2, -0.15) is 18.2 Å². The molecular weight excluding hydrogens is 362 g/mol. The number of nitro groups is 1. The summed E-state index contributed by atoms with van der Waals surface area (Å²) in [5.74, 6) is -2.45. The minimum atomic E-state index is -5.04. The molecule has 0 radical (unpaired) electrons. The number of aromatic hydroxyl groups is 1. The number of phenolic OH excluding ortho intramolecular Hbond substituents is 1. The Balaban J connectivity index is 2.14. The fourth-order valence-corrected chi connectivity index (χ4v) is 2.27. The van der Waals surface area contributed by atoms with Gasteiger partial charge in [0.25, 0.3) is 11.6 Å². The zero-order valence-electron chi connectivity index (χ0n) is 12.5. The van der Waals surface area contributed by atoms with Crippen LogP contribution in [-0.4, -0.2) is 20.2 Å². The van der Waals surface area contributed by atoms with Gasteiger partial charge in [0.1, 0.15) is 5.56 Å². The minimum absolute atomic E-state index is 0.0814. The summed E-state index contributed by atoms with van der Waals surface area (Å²) in [6.45, 7) is 0. The van der Waals surface area contributed by atoms with Crippen molar-refractivity contribution in [1.29, 1.82) is 0 Å². The van der Waals surface area contributed by atoms with E-state index in [1.165, 1.54) is 6.07 Å². The molecule has 7 nitrogen and oxygen atoms in total. The molecule has 0 atom stereocenters. The Morgan fingerprint density at radius 2 is 1.92 bits per heavy atom. The molecule has 0 bridgehead atoms. The molecule has 134 valence electrons. The second kappa shape index (κ2) is 6.10. The summed E-state index contributed by atoms with van der Waals surface area (Å²) >= 11 is 0. The number of nitrogens with zero attached hydrogens (tertiary/aromatic N) is 3. The molecule has 3 aromatic rings. The van der Waals surface area contributed by atoms with Crippen molar-refractivity contribution in [2.45, 2.75) is 6.18 Å². The maximum Gasteiger partial charge on any atom is 0.423 e. The van der Waals surface area contributed by atoms with Gasteiger partial charge in [-0.1, -0.05) is 11.2 Å². The first kappa shape index (κ1) is 17.3. The highest BCUT2D eigenvalue weighted by atomic mass is 19.4. The zero-order chi connectivity index (χ0) is 19.1. The number of nitro benzene ring substituents is 1. The molecule has 11 heteroatoms. The number of hydrogen-bond acceptors (Lipinski definition) is 6. The molecule has 0 amide bonds. The van der Waals surface area contributed by atoms with Gasteiger partial charge in [-0.15, -0.1) is 0 Å². The van der Waals surface area contributed by atoms with E-state index in [1.807, 2.05) is 0 Å². The molecule has 1 N–H and O–H groups in total. The Hall–Kier alpha value is -3.50. The summed E-state index contributed by atoms with van der Waals surface area (Å²) in [5.41, 5.74) is -3.27. The number of aromatic nitrogens is 2. The first-order chi connectivity index (χ1) is 12.2. The predicted octanol–water partition coefficient (Wildman–Crippen LogP) is 4.18. The number of rotatable bonds is 3. The molecule has 0 unspecified atom stereocenters. The SMILES string of the molecule is O=[N+]([O-])c1cccc(-c2nc(-c3ccc(F)c(O)c3)no2)c1C(F)(F)F. The van der Waals surface area contributed by atoms with E-state index in [4.69, 9.17) is 4.52 Å². The summed E-state index contributed by atoms with van der Waals surface area (Å²) in [6, 6.07) is 5.77. The minimum Gasteiger partial charge on any atom is -0.505 e. The molecule has 0 saturated carbocycles. The van der Waals surface area contributed by atoms with Gasteiger partial charge in [0, 0.05) is 11.6 Å². The lowest BCUT2D eigenvalue weighted by molar-refractivity contribution is -0.388. The molecule has 1 aromatic heterocycles. The topological polar surface area (TPSA) is 102 Å². The normalized spacial score (nSPS) is 11.5. The van der Waals surface area contributed by atoms with E-state index >= 15 is 0 Å². The van der Waals surface area contributed by atoms with E-state index in [1.54, 1.807) is 0 Å². The molecule has 0 aliphatic carbocycles. The lowest BCUT2D eigenvalue weighted by atomic mass is 10.0. The third kappa shape index (κ3) is 3.06.